The van der Waals surface area contributed by atoms with E-state index in [1.165, 1.54) is 6.20 Å². The van der Waals surface area contributed by atoms with Crippen LogP contribution >= 0.6 is 0 Å². The number of aryl methyl sites for hydroxylation is 1. The first-order valence-corrected chi connectivity index (χ1v) is 9.15. The summed E-state index contributed by atoms with van der Waals surface area (Å²) < 4.78 is 40.0. The molecular weight excluding hydrogens is 397 g/mol. The van der Waals surface area contributed by atoms with Gasteiger partial charge in [0.25, 0.3) is 5.91 Å². The third kappa shape index (κ3) is 4.17. The van der Waals surface area contributed by atoms with Gasteiger partial charge in [0.15, 0.2) is 0 Å². The Labute approximate surface area is 169 Å². The molecule has 3 heterocycles. The predicted octanol–water partition coefficient (Wildman–Crippen LogP) is 4.13. The van der Waals surface area contributed by atoms with Crippen LogP contribution in [-0.2, 0) is 13.1 Å². The van der Waals surface area contributed by atoms with Gasteiger partial charge < -0.3 is 5.32 Å². The summed E-state index contributed by atoms with van der Waals surface area (Å²) in [7, 11) is 0. The summed E-state index contributed by atoms with van der Waals surface area (Å²) in [6.45, 7) is 1.43. The van der Waals surface area contributed by atoms with E-state index in [1.54, 1.807) is 35.1 Å². The number of amides is 1. The SMILES string of the molecule is CCn1cc(-c2cc(C(=O)Nc3cnn(CC(F)(F)F)c3)c3ccccc3n2)cn1. The summed E-state index contributed by atoms with van der Waals surface area (Å²) in [4.78, 5) is 17.6. The molecule has 0 saturated heterocycles. The van der Waals surface area contributed by atoms with Crippen LogP contribution in [0, 0.1) is 0 Å². The number of carbonyl (C=O) groups excluding carboxylic acids is 1. The lowest BCUT2D eigenvalue weighted by Crippen LogP contribution is -2.18. The summed E-state index contributed by atoms with van der Waals surface area (Å²) in [5, 5.41) is 11.1. The summed E-state index contributed by atoms with van der Waals surface area (Å²) in [5.41, 5.74) is 2.48. The van der Waals surface area contributed by atoms with Crippen LogP contribution in [0.2, 0.25) is 0 Å². The summed E-state index contributed by atoms with van der Waals surface area (Å²) in [6.07, 6.45) is 1.43. The standard InChI is InChI=1S/C20H17F3N6O/c1-2-28-10-13(8-24-28)18-7-16(15-5-3-4-6-17(15)27-18)19(30)26-14-9-25-29(11-14)12-20(21,22)23/h3-11H,2,12H2,1H3,(H,26,30). The number of hydrogen-bond donors (Lipinski definition) is 1. The lowest BCUT2D eigenvalue weighted by atomic mass is 10.0. The number of halogens is 3. The van der Waals surface area contributed by atoms with Crippen molar-refractivity contribution in [1.82, 2.24) is 24.5 Å². The molecule has 1 amide bonds. The maximum atomic E-state index is 12.9. The fourth-order valence-corrected chi connectivity index (χ4v) is 3.08. The summed E-state index contributed by atoms with van der Waals surface area (Å²) >= 11 is 0. The Hall–Kier alpha value is -3.69. The zero-order chi connectivity index (χ0) is 21.3. The highest BCUT2D eigenvalue weighted by atomic mass is 19.4. The minimum Gasteiger partial charge on any atom is -0.319 e. The first kappa shape index (κ1) is 19.6. The third-order valence-corrected chi connectivity index (χ3v) is 4.45. The Balaban J connectivity index is 1.68. The number of aromatic nitrogens is 5. The highest BCUT2D eigenvalue weighted by Crippen LogP contribution is 2.26. The molecule has 0 unspecified atom stereocenters. The normalized spacial score (nSPS) is 11.7. The molecule has 0 radical (unpaired) electrons. The number of nitrogens with one attached hydrogen (secondary N) is 1. The van der Waals surface area contributed by atoms with Gasteiger partial charge in [0.05, 0.1) is 34.9 Å². The third-order valence-electron chi connectivity index (χ3n) is 4.45. The van der Waals surface area contributed by atoms with Crippen molar-refractivity contribution in [2.45, 2.75) is 26.2 Å². The topological polar surface area (TPSA) is 77.6 Å². The number of fused-ring (bicyclic) bond motifs is 1. The fraction of sp³-hybridized carbons (Fsp3) is 0.200. The van der Waals surface area contributed by atoms with E-state index in [0.29, 0.717) is 28.7 Å². The highest BCUT2D eigenvalue weighted by molar-refractivity contribution is 6.13. The zero-order valence-corrected chi connectivity index (χ0v) is 15.9. The molecule has 0 fully saturated rings. The minimum atomic E-state index is -4.40. The van der Waals surface area contributed by atoms with Crippen LogP contribution in [-0.4, -0.2) is 36.6 Å². The molecule has 0 saturated carbocycles. The molecule has 0 aliphatic heterocycles. The Morgan fingerprint density at radius 2 is 1.87 bits per heavy atom. The molecule has 0 aliphatic carbocycles. The van der Waals surface area contributed by atoms with E-state index in [-0.39, 0.29) is 5.69 Å². The quantitative estimate of drug-likeness (QED) is 0.533. The molecule has 154 valence electrons. The zero-order valence-electron chi connectivity index (χ0n) is 15.9. The molecule has 10 heteroatoms. The first-order valence-electron chi connectivity index (χ1n) is 9.15. The molecule has 0 aliphatic rings. The van der Waals surface area contributed by atoms with E-state index in [2.05, 4.69) is 20.5 Å². The Bertz CT molecular complexity index is 1210. The van der Waals surface area contributed by atoms with E-state index in [1.807, 2.05) is 19.2 Å². The second-order valence-corrected chi connectivity index (χ2v) is 6.65. The monoisotopic (exact) mass is 414 g/mol. The number of rotatable bonds is 5. The fourth-order valence-electron chi connectivity index (χ4n) is 3.08. The second kappa shape index (κ2) is 7.62. The Morgan fingerprint density at radius 3 is 2.60 bits per heavy atom. The van der Waals surface area contributed by atoms with Crippen molar-refractivity contribution in [3.8, 4) is 11.3 Å². The van der Waals surface area contributed by atoms with Gasteiger partial charge in [-0.1, -0.05) is 18.2 Å². The maximum absolute atomic E-state index is 12.9. The average molecular weight is 414 g/mol. The predicted molar refractivity (Wildman–Crippen MR) is 105 cm³/mol. The maximum Gasteiger partial charge on any atom is 0.408 e. The molecule has 4 rings (SSSR count). The van der Waals surface area contributed by atoms with Gasteiger partial charge in [-0.05, 0) is 19.1 Å². The van der Waals surface area contributed by atoms with Gasteiger partial charge in [-0.3, -0.25) is 14.2 Å². The van der Waals surface area contributed by atoms with Crippen molar-refractivity contribution in [1.29, 1.82) is 0 Å². The van der Waals surface area contributed by atoms with Gasteiger partial charge in [0, 0.05) is 29.9 Å². The van der Waals surface area contributed by atoms with Crippen molar-refractivity contribution in [2.75, 3.05) is 5.32 Å². The number of carbonyl (C=O) groups is 1. The van der Waals surface area contributed by atoms with Crippen LogP contribution in [0.4, 0.5) is 18.9 Å². The molecule has 4 aromatic rings. The van der Waals surface area contributed by atoms with Crippen LogP contribution in [0.15, 0.2) is 55.1 Å². The van der Waals surface area contributed by atoms with Crippen molar-refractivity contribution < 1.29 is 18.0 Å². The van der Waals surface area contributed by atoms with Crippen LogP contribution in [0.25, 0.3) is 22.2 Å². The first-order chi connectivity index (χ1) is 14.3. The molecule has 0 atom stereocenters. The van der Waals surface area contributed by atoms with Gasteiger partial charge in [0.1, 0.15) is 6.54 Å². The van der Waals surface area contributed by atoms with Crippen molar-refractivity contribution in [3.05, 3.63) is 60.7 Å². The molecule has 0 spiro atoms. The van der Waals surface area contributed by atoms with Crippen LogP contribution in [0.3, 0.4) is 0 Å². The molecular formula is C20H17F3N6O. The number of hydrogen-bond acceptors (Lipinski definition) is 4. The molecule has 0 bridgehead atoms. The van der Waals surface area contributed by atoms with Crippen molar-refractivity contribution in [2.24, 2.45) is 0 Å². The molecule has 1 N–H and O–H groups in total. The van der Waals surface area contributed by atoms with E-state index in [0.717, 1.165) is 16.4 Å². The highest BCUT2D eigenvalue weighted by Gasteiger charge is 2.28. The summed E-state index contributed by atoms with van der Waals surface area (Å²) in [5.74, 6) is -0.468. The van der Waals surface area contributed by atoms with Crippen molar-refractivity contribution >= 4 is 22.5 Å². The van der Waals surface area contributed by atoms with Gasteiger partial charge >= 0.3 is 6.18 Å². The Morgan fingerprint density at radius 1 is 1.10 bits per heavy atom. The van der Waals surface area contributed by atoms with Gasteiger partial charge in [-0.2, -0.15) is 23.4 Å². The number of anilines is 1. The van der Waals surface area contributed by atoms with E-state index < -0.39 is 18.6 Å². The largest absolute Gasteiger partial charge is 0.408 e. The molecule has 1 aromatic carbocycles. The lowest BCUT2D eigenvalue weighted by Gasteiger charge is -2.09. The lowest BCUT2D eigenvalue weighted by molar-refractivity contribution is -0.142. The molecule has 3 aromatic heterocycles. The minimum absolute atomic E-state index is 0.172. The second-order valence-electron chi connectivity index (χ2n) is 6.65. The van der Waals surface area contributed by atoms with Crippen LogP contribution in [0.1, 0.15) is 17.3 Å². The van der Waals surface area contributed by atoms with E-state index in [4.69, 9.17) is 0 Å². The number of pyridine rings is 1. The average Bonchev–Trinajstić information content (AvgIpc) is 3.35. The summed E-state index contributed by atoms with van der Waals surface area (Å²) in [6, 6.07) is 8.81. The van der Waals surface area contributed by atoms with E-state index >= 15 is 0 Å². The van der Waals surface area contributed by atoms with Gasteiger partial charge in [0.2, 0.25) is 0 Å². The Kier molecular flexibility index (Phi) is 4.98. The van der Waals surface area contributed by atoms with E-state index in [9.17, 15) is 18.0 Å². The van der Waals surface area contributed by atoms with Crippen LogP contribution in [0.5, 0.6) is 0 Å². The number of alkyl halides is 3. The van der Waals surface area contributed by atoms with Gasteiger partial charge in [-0.25, -0.2) is 4.98 Å². The molecule has 30 heavy (non-hydrogen) atoms. The van der Waals surface area contributed by atoms with Gasteiger partial charge in [-0.15, -0.1) is 0 Å². The molecule has 7 nitrogen and oxygen atoms in total. The number of para-hydroxylation sites is 1. The van der Waals surface area contributed by atoms with Crippen LogP contribution < -0.4 is 5.32 Å². The smallest absolute Gasteiger partial charge is 0.319 e. The van der Waals surface area contributed by atoms with Crippen molar-refractivity contribution in [3.63, 3.8) is 0 Å². The number of benzene rings is 1. The number of nitrogens with zero attached hydrogens (tertiary/aromatic N) is 5.